The fraction of sp³-hybridized carbons (Fsp3) is 0.321. The third kappa shape index (κ3) is 6.26. The Kier molecular flexibility index (Phi) is 8.41. The molecule has 194 valence electrons. The highest BCUT2D eigenvalue weighted by molar-refractivity contribution is 6.31. The second-order valence-electron chi connectivity index (χ2n) is 9.41. The van der Waals surface area contributed by atoms with Gasteiger partial charge in [-0.25, -0.2) is 4.39 Å². The molecule has 0 radical (unpaired) electrons. The molecule has 4 rings (SSSR count). The molecule has 1 aromatic heterocycles. The molecule has 1 amide bonds. The summed E-state index contributed by atoms with van der Waals surface area (Å²) in [7, 11) is 1.60. The fourth-order valence-corrected chi connectivity index (χ4v) is 5.02. The van der Waals surface area contributed by atoms with Gasteiger partial charge < -0.3 is 20.2 Å². The number of carbonyl (C=O) groups excluding carboxylic acids is 1. The van der Waals surface area contributed by atoms with Crippen LogP contribution in [0.5, 0.6) is 0 Å². The number of aryl methyl sites for hydroxylation is 1. The van der Waals surface area contributed by atoms with Crippen LogP contribution in [0.1, 0.15) is 65.1 Å². The smallest absolute Gasteiger partial charge is 0.254 e. The number of nitrogens with one attached hydrogen (secondary N) is 1. The topological polar surface area (TPSA) is 104 Å². The van der Waals surface area contributed by atoms with E-state index in [2.05, 4.69) is 10.5 Å². The molecule has 37 heavy (non-hydrogen) atoms. The van der Waals surface area contributed by atoms with Crippen molar-refractivity contribution >= 4 is 23.2 Å². The van der Waals surface area contributed by atoms with E-state index in [4.69, 9.17) is 11.6 Å². The number of aromatic nitrogens is 1. The maximum Gasteiger partial charge on any atom is 0.254 e. The van der Waals surface area contributed by atoms with Gasteiger partial charge in [0.15, 0.2) is 0 Å². The van der Waals surface area contributed by atoms with Gasteiger partial charge in [0, 0.05) is 48.3 Å². The van der Waals surface area contributed by atoms with E-state index in [1.807, 2.05) is 12.1 Å². The molecule has 0 aliphatic heterocycles. The van der Waals surface area contributed by atoms with Gasteiger partial charge in [-0.2, -0.15) is 0 Å². The Bertz CT molecular complexity index is 1370. The number of rotatable bonds is 7. The largest absolute Gasteiger partial charge is 0.411 e. The lowest BCUT2D eigenvalue weighted by atomic mass is 9.85. The lowest BCUT2D eigenvalue weighted by Gasteiger charge is -2.26. The minimum absolute atomic E-state index is 0.0677. The summed E-state index contributed by atoms with van der Waals surface area (Å²) in [6.07, 6.45) is 3.89. The van der Waals surface area contributed by atoms with Gasteiger partial charge in [0.05, 0.1) is 17.4 Å². The molecule has 7 nitrogen and oxygen atoms in total. The van der Waals surface area contributed by atoms with E-state index < -0.39 is 17.6 Å². The second-order valence-corrected chi connectivity index (χ2v) is 9.82. The molecular weight excluding hydrogens is 497 g/mol. The SMILES string of the molecule is Cn1cc(/C(CC(c2ccc(C(=O)NC3CCC(O)CC3)c(F)c2)c2ccccc2Cl)=N/O)ccc1=O. The van der Waals surface area contributed by atoms with E-state index >= 15 is 4.39 Å². The summed E-state index contributed by atoms with van der Waals surface area (Å²) >= 11 is 6.50. The normalized spacial score (nSPS) is 18.9. The number of halogens is 2. The van der Waals surface area contributed by atoms with Crippen LogP contribution in [0.15, 0.2) is 70.7 Å². The highest BCUT2D eigenvalue weighted by Gasteiger charge is 2.25. The van der Waals surface area contributed by atoms with Gasteiger partial charge in [0.1, 0.15) is 5.82 Å². The van der Waals surface area contributed by atoms with Crippen LogP contribution < -0.4 is 10.9 Å². The molecule has 1 unspecified atom stereocenters. The molecule has 1 saturated carbocycles. The lowest BCUT2D eigenvalue weighted by molar-refractivity contribution is 0.0864. The van der Waals surface area contributed by atoms with Gasteiger partial charge in [0.25, 0.3) is 5.91 Å². The minimum atomic E-state index is -0.674. The van der Waals surface area contributed by atoms with Crippen molar-refractivity contribution in [3.8, 4) is 0 Å². The zero-order chi connectivity index (χ0) is 26.5. The van der Waals surface area contributed by atoms with Crippen LogP contribution in [0.25, 0.3) is 0 Å². The number of hydrogen-bond acceptors (Lipinski definition) is 5. The summed E-state index contributed by atoms with van der Waals surface area (Å²) in [6.45, 7) is 0. The van der Waals surface area contributed by atoms with Crippen LogP contribution >= 0.6 is 11.6 Å². The summed E-state index contributed by atoms with van der Waals surface area (Å²) in [4.78, 5) is 24.6. The van der Waals surface area contributed by atoms with E-state index in [9.17, 15) is 19.9 Å². The molecule has 9 heteroatoms. The van der Waals surface area contributed by atoms with Crippen molar-refractivity contribution in [1.29, 1.82) is 0 Å². The molecular formula is C28H29ClFN3O4. The van der Waals surface area contributed by atoms with Crippen LogP contribution in [0.3, 0.4) is 0 Å². The van der Waals surface area contributed by atoms with Gasteiger partial charge in [-0.3, -0.25) is 9.59 Å². The molecule has 3 aromatic rings. The summed E-state index contributed by atoms with van der Waals surface area (Å²) in [5.41, 5.74) is 1.81. The molecule has 3 N–H and O–H groups in total. The molecule has 1 aliphatic rings. The Balaban J connectivity index is 1.64. The van der Waals surface area contributed by atoms with Crippen LogP contribution in [0, 0.1) is 5.82 Å². The summed E-state index contributed by atoms with van der Waals surface area (Å²) < 4.78 is 16.7. The van der Waals surface area contributed by atoms with Crippen molar-refractivity contribution in [2.45, 2.75) is 50.2 Å². The average molecular weight is 526 g/mol. The molecule has 1 aliphatic carbocycles. The molecule has 1 heterocycles. The monoisotopic (exact) mass is 525 g/mol. The average Bonchev–Trinajstić information content (AvgIpc) is 2.88. The highest BCUT2D eigenvalue weighted by atomic mass is 35.5. The standard InChI is InChI=1S/C28H29ClFN3O4/c1-33-16-18(7-13-27(33)35)26(32-37)15-23(21-4-2-3-5-24(21)29)17-6-12-22(25(30)14-17)28(36)31-19-8-10-20(34)11-9-19/h2-7,12-14,16,19-20,23,34,37H,8-11,15H2,1H3,(H,31,36)/b32-26+. The van der Waals surface area contributed by atoms with E-state index in [1.165, 1.54) is 22.8 Å². The molecule has 0 bridgehead atoms. The zero-order valence-electron chi connectivity index (χ0n) is 20.4. The van der Waals surface area contributed by atoms with Crippen LogP contribution in [0.4, 0.5) is 4.39 Å². The Labute approximate surface area is 219 Å². The predicted octanol–water partition coefficient (Wildman–Crippen LogP) is 4.61. The van der Waals surface area contributed by atoms with Gasteiger partial charge in [-0.05, 0) is 61.1 Å². The maximum atomic E-state index is 15.3. The third-order valence-electron chi connectivity index (χ3n) is 6.89. The Hall–Kier alpha value is -3.49. The number of benzene rings is 2. The number of pyridine rings is 1. The van der Waals surface area contributed by atoms with Crippen LogP contribution in [-0.4, -0.2) is 38.6 Å². The Morgan fingerprint density at radius 1 is 1.16 bits per heavy atom. The van der Waals surface area contributed by atoms with Crippen molar-refractivity contribution in [2.24, 2.45) is 12.2 Å². The van der Waals surface area contributed by atoms with Crippen LogP contribution in [0.2, 0.25) is 5.02 Å². The van der Waals surface area contributed by atoms with Crippen molar-refractivity contribution in [3.63, 3.8) is 0 Å². The van der Waals surface area contributed by atoms with E-state index in [0.29, 0.717) is 53.1 Å². The number of aliphatic hydroxyl groups is 1. The van der Waals surface area contributed by atoms with E-state index in [-0.39, 0.29) is 29.7 Å². The zero-order valence-corrected chi connectivity index (χ0v) is 21.2. The molecule has 0 saturated heterocycles. The van der Waals surface area contributed by atoms with Crippen molar-refractivity contribution in [3.05, 3.63) is 104 Å². The van der Waals surface area contributed by atoms with Crippen molar-refractivity contribution in [2.75, 3.05) is 0 Å². The number of hydrogen-bond donors (Lipinski definition) is 3. The predicted molar refractivity (Wildman–Crippen MR) is 140 cm³/mol. The first-order valence-electron chi connectivity index (χ1n) is 12.2. The highest BCUT2D eigenvalue weighted by Crippen LogP contribution is 2.35. The van der Waals surface area contributed by atoms with Crippen molar-refractivity contribution in [1.82, 2.24) is 9.88 Å². The number of amides is 1. The summed E-state index contributed by atoms with van der Waals surface area (Å²) in [5, 5.41) is 26.3. The first kappa shape index (κ1) is 26.6. The second kappa shape index (κ2) is 11.7. The molecule has 1 atom stereocenters. The number of oxime groups is 1. The molecule has 0 spiro atoms. The Morgan fingerprint density at radius 3 is 2.54 bits per heavy atom. The van der Waals surface area contributed by atoms with Gasteiger partial charge in [-0.1, -0.05) is 41.0 Å². The third-order valence-corrected chi connectivity index (χ3v) is 7.23. The van der Waals surface area contributed by atoms with E-state index in [1.54, 1.807) is 37.5 Å². The van der Waals surface area contributed by atoms with Crippen LogP contribution in [-0.2, 0) is 7.05 Å². The first-order chi connectivity index (χ1) is 17.8. The van der Waals surface area contributed by atoms with Gasteiger partial charge in [-0.15, -0.1) is 0 Å². The number of aliphatic hydroxyl groups excluding tert-OH is 1. The Morgan fingerprint density at radius 2 is 1.89 bits per heavy atom. The minimum Gasteiger partial charge on any atom is -0.411 e. The van der Waals surface area contributed by atoms with Gasteiger partial charge >= 0.3 is 0 Å². The number of nitrogens with zero attached hydrogens (tertiary/aromatic N) is 2. The van der Waals surface area contributed by atoms with E-state index in [0.717, 1.165) is 0 Å². The van der Waals surface area contributed by atoms with Crippen molar-refractivity contribution < 1.29 is 19.5 Å². The summed E-state index contributed by atoms with van der Waals surface area (Å²) in [6, 6.07) is 14.4. The first-order valence-corrected chi connectivity index (χ1v) is 12.6. The molecule has 2 aromatic carbocycles. The fourth-order valence-electron chi connectivity index (χ4n) is 4.75. The quantitative estimate of drug-likeness (QED) is 0.238. The molecule has 1 fully saturated rings. The lowest BCUT2D eigenvalue weighted by Crippen LogP contribution is -2.38. The maximum absolute atomic E-state index is 15.3. The van der Waals surface area contributed by atoms with Gasteiger partial charge in [0.2, 0.25) is 5.56 Å². The number of carbonyl (C=O) groups is 1. The summed E-state index contributed by atoms with van der Waals surface area (Å²) in [5.74, 6) is -1.67.